The summed E-state index contributed by atoms with van der Waals surface area (Å²) < 4.78 is 0. The molecule has 0 saturated heterocycles. The molecule has 2 heteroatoms. The van der Waals surface area contributed by atoms with E-state index in [9.17, 15) is 0 Å². The van der Waals surface area contributed by atoms with Gasteiger partial charge in [-0.05, 0) is 0 Å². The third kappa shape index (κ3) is 3.44. The van der Waals surface area contributed by atoms with Gasteiger partial charge in [0.1, 0.15) is 0 Å². The second kappa shape index (κ2) is 5.57. The Balaban J connectivity index is 3.07. The Kier molecular flexibility index (Phi) is 5.87. The van der Waals surface area contributed by atoms with E-state index in [1.165, 1.54) is 0 Å². The molecule has 0 fully saturated rings. The summed E-state index contributed by atoms with van der Waals surface area (Å²) in [6.07, 6.45) is 0. The highest BCUT2D eigenvalue weighted by molar-refractivity contribution is 7.12. The first-order valence-corrected chi connectivity index (χ1v) is 9.75. The summed E-state index contributed by atoms with van der Waals surface area (Å²) in [4.78, 5) is 0. The molecule has 0 unspecified atom stereocenters. The molecule has 0 nitrogen and oxygen atoms in total. The van der Waals surface area contributed by atoms with Crippen LogP contribution in [0.2, 0.25) is 18.1 Å². The Morgan fingerprint density at radius 2 is 1.62 bits per heavy atom. The van der Waals surface area contributed by atoms with Gasteiger partial charge in [0.15, 0.2) is 0 Å². The van der Waals surface area contributed by atoms with E-state index in [0.717, 1.165) is 0 Å². The normalized spacial score (nSPS) is 12.0. The largest absolute Gasteiger partial charge is 0.0685 e. The standard InChI is InChI=1S/C6H18Si2/c1-4-7-8(5-2)6-3/h8H,4-7H2,1-3H3. The van der Waals surface area contributed by atoms with Crippen LogP contribution < -0.4 is 0 Å². The van der Waals surface area contributed by atoms with Crippen LogP contribution in [0.3, 0.4) is 0 Å². The molecule has 0 aromatic carbocycles. The minimum Gasteiger partial charge on any atom is -0.0685 e. The molecule has 0 saturated carbocycles. The van der Waals surface area contributed by atoms with Crippen molar-refractivity contribution in [3.05, 3.63) is 0 Å². The number of rotatable bonds is 4. The van der Waals surface area contributed by atoms with Gasteiger partial charge >= 0.3 is 0 Å². The Labute approximate surface area is 56.9 Å². The van der Waals surface area contributed by atoms with Crippen LogP contribution in [0, 0.1) is 0 Å². The summed E-state index contributed by atoms with van der Waals surface area (Å²) in [6, 6.07) is 4.69. The van der Waals surface area contributed by atoms with Gasteiger partial charge in [-0.15, -0.1) is 0 Å². The fourth-order valence-corrected chi connectivity index (χ4v) is 8.21. The molecule has 0 aliphatic rings. The van der Waals surface area contributed by atoms with Crippen LogP contribution in [0.25, 0.3) is 0 Å². The molecule has 50 valence electrons. The molecular formula is C6H18Si2. The van der Waals surface area contributed by atoms with Crippen molar-refractivity contribution >= 4 is 17.4 Å². The summed E-state index contributed by atoms with van der Waals surface area (Å²) in [7, 11) is 0.421. The Hall–Kier alpha value is 0.434. The van der Waals surface area contributed by atoms with Gasteiger partial charge in [0, 0.05) is 17.4 Å². The Morgan fingerprint density at radius 3 is 1.75 bits per heavy atom. The van der Waals surface area contributed by atoms with Crippen LogP contribution in [0.15, 0.2) is 0 Å². The van der Waals surface area contributed by atoms with Crippen LogP contribution in [0.5, 0.6) is 0 Å². The highest BCUT2D eigenvalue weighted by Gasteiger charge is 2.01. The molecule has 0 aliphatic heterocycles. The maximum Gasteiger partial charge on any atom is 0.0235 e. The zero-order valence-electron chi connectivity index (χ0n) is 6.41. The highest BCUT2D eigenvalue weighted by Crippen LogP contribution is 1.96. The van der Waals surface area contributed by atoms with E-state index < -0.39 is 0 Å². The lowest BCUT2D eigenvalue weighted by Gasteiger charge is -2.05. The maximum absolute atomic E-state index is 2.38. The molecular weight excluding hydrogens is 128 g/mol. The molecule has 0 atom stereocenters. The zero-order valence-corrected chi connectivity index (χ0v) is 8.97. The molecule has 0 spiro atoms. The van der Waals surface area contributed by atoms with E-state index in [-0.39, 0.29) is 8.31 Å². The zero-order chi connectivity index (χ0) is 6.41. The van der Waals surface area contributed by atoms with Crippen LogP contribution in [-0.2, 0) is 0 Å². The molecule has 0 aromatic rings. The van der Waals surface area contributed by atoms with Crippen LogP contribution in [0.4, 0.5) is 0 Å². The summed E-state index contributed by atoms with van der Waals surface area (Å²) in [6.45, 7) is 7.11. The van der Waals surface area contributed by atoms with Crippen molar-refractivity contribution in [2.75, 3.05) is 0 Å². The quantitative estimate of drug-likeness (QED) is 0.525. The molecule has 0 N–H and O–H groups in total. The Morgan fingerprint density at radius 1 is 1.12 bits per heavy atom. The van der Waals surface area contributed by atoms with Crippen LogP contribution in [0.1, 0.15) is 20.8 Å². The minimum atomic E-state index is -0.0532. The fraction of sp³-hybridized carbons (Fsp3) is 1.00. The van der Waals surface area contributed by atoms with Crippen molar-refractivity contribution in [3.8, 4) is 0 Å². The number of hydrogen-bond donors (Lipinski definition) is 0. The van der Waals surface area contributed by atoms with E-state index in [4.69, 9.17) is 0 Å². The van der Waals surface area contributed by atoms with E-state index in [2.05, 4.69) is 20.8 Å². The highest BCUT2D eigenvalue weighted by atomic mass is 29.2. The van der Waals surface area contributed by atoms with Gasteiger partial charge < -0.3 is 0 Å². The van der Waals surface area contributed by atoms with Gasteiger partial charge in [-0.3, -0.25) is 0 Å². The minimum absolute atomic E-state index is 0.0532. The molecule has 8 heavy (non-hydrogen) atoms. The second-order valence-electron chi connectivity index (χ2n) is 2.47. The molecule has 0 amide bonds. The summed E-state index contributed by atoms with van der Waals surface area (Å²) in [5.74, 6) is 0. The van der Waals surface area contributed by atoms with Crippen molar-refractivity contribution in [3.63, 3.8) is 0 Å². The third-order valence-electron chi connectivity index (χ3n) is 1.85. The second-order valence-corrected chi connectivity index (χ2v) is 12.6. The van der Waals surface area contributed by atoms with Gasteiger partial charge in [0.2, 0.25) is 0 Å². The SMILES string of the molecule is CC[SiH2][SiH](CC)CC. The smallest absolute Gasteiger partial charge is 0.0235 e. The first-order chi connectivity index (χ1) is 3.85. The predicted octanol–water partition coefficient (Wildman–Crippen LogP) is 1.36. The van der Waals surface area contributed by atoms with Gasteiger partial charge in [0.25, 0.3) is 0 Å². The topological polar surface area (TPSA) is 0 Å². The number of hydrogen-bond acceptors (Lipinski definition) is 0. The summed E-state index contributed by atoms with van der Waals surface area (Å²) >= 11 is 0. The fourth-order valence-electron chi connectivity index (χ4n) is 1.11. The van der Waals surface area contributed by atoms with Gasteiger partial charge in [0.05, 0.1) is 0 Å². The Bertz CT molecular complexity index is 41.8. The lowest BCUT2D eigenvalue weighted by Crippen LogP contribution is -2.18. The maximum atomic E-state index is 2.38. The van der Waals surface area contributed by atoms with Crippen molar-refractivity contribution in [1.82, 2.24) is 0 Å². The first kappa shape index (κ1) is 8.43. The molecule has 0 heterocycles. The molecule has 0 bridgehead atoms. The molecule has 0 rings (SSSR count). The van der Waals surface area contributed by atoms with Gasteiger partial charge in [-0.25, -0.2) is 0 Å². The van der Waals surface area contributed by atoms with E-state index >= 15 is 0 Å². The van der Waals surface area contributed by atoms with E-state index in [1.807, 2.05) is 0 Å². The van der Waals surface area contributed by atoms with E-state index in [0.29, 0.717) is 9.04 Å². The van der Waals surface area contributed by atoms with Crippen molar-refractivity contribution in [1.29, 1.82) is 0 Å². The van der Waals surface area contributed by atoms with Crippen LogP contribution in [-0.4, -0.2) is 17.4 Å². The molecule has 0 aliphatic carbocycles. The van der Waals surface area contributed by atoms with Crippen molar-refractivity contribution < 1.29 is 0 Å². The van der Waals surface area contributed by atoms with Crippen molar-refractivity contribution in [2.24, 2.45) is 0 Å². The third-order valence-corrected chi connectivity index (χ3v) is 13.2. The average molecular weight is 146 g/mol. The monoisotopic (exact) mass is 146 g/mol. The van der Waals surface area contributed by atoms with Crippen molar-refractivity contribution in [2.45, 2.75) is 38.9 Å². The lowest BCUT2D eigenvalue weighted by atomic mass is 11.0. The van der Waals surface area contributed by atoms with E-state index in [1.54, 1.807) is 18.1 Å². The van der Waals surface area contributed by atoms with Gasteiger partial charge in [-0.1, -0.05) is 38.9 Å². The first-order valence-electron chi connectivity index (χ1n) is 3.85. The summed E-state index contributed by atoms with van der Waals surface area (Å²) in [5.41, 5.74) is 0. The summed E-state index contributed by atoms with van der Waals surface area (Å²) in [5, 5.41) is 0. The molecule has 0 aromatic heterocycles. The van der Waals surface area contributed by atoms with Gasteiger partial charge in [-0.2, -0.15) is 0 Å². The molecule has 0 radical (unpaired) electrons. The van der Waals surface area contributed by atoms with Crippen LogP contribution >= 0.6 is 0 Å². The predicted molar refractivity (Wildman–Crippen MR) is 47.1 cm³/mol. The lowest BCUT2D eigenvalue weighted by molar-refractivity contribution is 1.34. The average Bonchev–Trinajstić information content (AvgIpc) is 1.83.